The number of ether oxygens (including phenoxy) is 2. The number of rotatable bonds is 16. The minimum atomic E-state index is -6.00. The molecule has 0 saturated carbocycles. The molecule has 4 aliphatic rings. The van der Waals surface area contributed by atoms with Crippen molar-refractivity contribution in [2.24, 2.45) is 23.7 Å². The van der Waals surface area contributed by atoms with Crippen molar-refractivity contribution >= 4 is 110 Å². The largest absolute Gasteiger partial charge is 0.673 e. The molecular formula is C86H76B2F8O2P4Rh2+2. The van der Waals surface area contributed by atoms with Gasteiger partial charge in [0.25, 0.3) is 0 Å². The SMILES string of the molecule is C1=CC2C=CC1C2.C1=CC2C=CC1C2.F[B-](F)(F)F.F[B-](F)(F)F.[Rh].[Rh].c1ccc([PH+](c2ccccc2)c2ccccc2Oc2ccccc2[PH+](c2ccccc2)c2ccccc2)cc1.c1ccc([PH+](c2ccccc2)c2ccccc2Oc2ccccc2[PH+](c2ccccc2)c2ccccc2)cc1. The maximum absolute atomic E-state index is 9.75. The Kier molecular flexibility index (Phi) is 30.9. The molecule has 0 saturated heterocycles. The molecule has 18 heteroatoms. The fraction of sp³-hybridized carbons (Fsp3) is 0.0698. The predicted octanol–water partition coefficient (Wildman–Crippen LogP) is 19.0. The molecule has 12 aromatic rings. The minimum absolute atomic E-state index is 0. The van der Waals surface area contributed by atoms with E-state index >= 15 is 0 Å². The van der Waals surface area contributed by atoms with E-state index in [1.165, 1.54) is 76.5 Å². The molecule has 0 aromatic heterocycles. The number of hydrogen-bond donors (Lipinski definition) is 0. The molecule has 16 rings (SSSR count). The zero-order valence-electron chi connectivity index (χ0n) is 56.3. The van der Waals surface area contributed by atoms with Crippen LogP contribution in [0.25, 0.3) is 0 Å². The van der Waals surface area contributed by atoms with Gasteiger partial charge in [0.2, 0.25) is 0 Å². The fourth-order valence-corrected chi connectivity index (χ4v) is 23.3. The van der Waals surface area contributed by atoms with Crippen molar-refractivity contribution in [2.45, 2.75) is 12.8 Å². The Morgan fingerprint density at radius 1 is 0.202 bits per heavy atom. The first-order chi connectivity index (χ1) is 49.7. The van der Waals surface area contributed by atoms with Crippen molar-refractivity contribution in [3.63, 3.8) is 0 Å². The summed E-state index contributed by atoms with van der Waals surface area (Å²) in [6.07, 6.45) is 21.1. The third kappa shape index (κ3) is 23.9. The molecule has 0 heterocycles. The van der Waals surface area contributed by atoms with E-state index in [1.54, 1.807) is 0 Å². The average molecular weight is 1640 g/mol. The van der Waals surface area contributed by atoms with E-state index in [2.05, 4.69) is 388 Å². The van der Waals surface area contributed by atoms with Crippen LogP contribution in [0.15, 0.2) is 388 Å². The third-order valence-electron chi connectivity index (χ3n) is 17.1. The Balaban J connectivity index is 0.000000179. The second kappa shape index (κ2) is 40.3. The normalized spacial score (nSPS) is 15.3. The van der Waals surface area contributed by atoms with Crippen molar-refractivity contribution in [2.75, 3.05) is 0 Å². The summed E-state index contributed by atoms with van der Waals surface area (Å²) in [6, 6.07) is 121. The number of para-hydroxylation sites is 4. The summed E-state index contributed by atoms with van der Waals surface area (Å²) in [5, 5.41) is 15.8. The number of fused-ring (bicyclic) bond motifs is 4. The summed E-state index contributed by atoms with van der Waals surface area (Å²) in [6.45, 7) is 0. The van der Waals surface area contributed by atoms with Gasteiger partial charge in [0.15, 0.2) is 23.0 Å². The zero-order valence-corrected chi connectivity index (χ0v) is 63.6. The molecule has 0 spiro atoms. The summed E-state index contributed by atoms with van der Waals surface area (Å²) >= 11 is 0. The van der Waals surface area contributed by atoms with Crippen LogP contribution in [0, 0.1) is 23.7 Å². The van der Waals surface area contributed by atoms with Crippen molar-refractivity contribution < 1.29 is 83.0 Å². The van der Waals surface area contributed by atoms with Gasteiger partial charge < -0.3 is 44.0 Å². The van der Waals surface area contributed by atoms with Gasteiger partial charge in [0, 0.05) is 39.0 Å². The predicted molar refractivity (Wildman–Crippen MR) is 426 cm³/mol. The van der Waals surface area contributed by atoms with Gasteiger partial charge in [-0.25, -0.2) is 0 Å². The molecule has 0 fully saturated rings. The maximum atomic E-state index is 9.75. The Morgan fingerprint density at radius 3 is 0.452 bits per heavy atom. The van der Waals surface area contributed by atoms with Crippen LogP contribution in [0.2, 0.25) is 0 Å². The van der Waals surface area contributed by atoms with Gasteiger partial charge in [-0.15, -0.1) is 0 Å². The molecule has 530 valence electrons. The van der Waals surface area contributed by atoms with Gasteiger partial charge in [0.1, 0.15) is 95.3 Å². The third-order valence-corrected chi connectivity index (χ3v) is 28.2. The van der Waals surface area contributed by atoms with Crippen LogP contribution in [0.4, 0.5) is 34.5 Å². The average Bonchev–Trinajstić information content (AvgIpc) is 1.26. The van der Waals surface area contributed by atoms with E-state index < -0.39 is 46.2 Å². The van der Waals surface area contributed by atoms with E-state index in [0.29, 0.717) is 0 Å². The van der Waals surface area contributed by atoms with E-state index in [0.717, 1.165) is 46.7 Å². The monoisotopic (exact) mass is 1640 g/mol. The molecule has 0 atom stereocenters. The van der Waals surface area contributed by atoms with E-state index in [1.807, 2.05) is 0 Å². The minimum Gasteiger partial charge on any atom is -0.449 e. The second-order valence-corrected chi connectivity index (χ2v) is 34.0. The van der Waals surface area contributed by atoms with Crippen LogP contribution in [0.3, 0.4) is 0 Å². The molecule has 2 nitrogen and oxygen atoms in total. The van der Waals surface area contributed by atoms with Crippen LogP contribution in [0.5, 0.6) is 23.0 Å². The van der Waals surface area contributed by atoms with Gasteiger partial charge >= 0.3 is 14.5 Å². The molecule has 0 amide bonds. The van der Waals surface area contributed by atoms with E-state index in [-0.39, 0.29) is 39.0 Å². The molecule has 0 unspecified atom stereocenters. The standard InChI is InChI=1S/2C36H28OP2.2C7H8.2BF4.2Rh/c2*1-5-17-29(18-6-1)38(30-19-7-2-8-20-30)35-27-15-13-25-33(35)37-34-26-14-16-28-36(34)39(31-21-9-3-10-22-31)32-23-11-4-12-24-32;2*1-2-7-4-3-6(1)5-7;2*2-1(3,4)5;;/h2*1-28H;2*1-4,6-7H,5H2;;;;/q;;;;2*-1;;/p+4. The first kappa shape index (κ1) is 79.8. The molecule has 12 aromatic carbocycles. The number of halogens is 8. The van der Waals surface area contributed by atoms with Gasteiger partial charge in [-0.1, -0.05) is 243 Å². The van der Waals surface area contributed by atoms with E-state index in [9.17, 15) is 34.5 Å². The van der Waals surface area contributed by atoms with Crippen molar-refractivity contribution in [1.82, 2.24) is 0 Å². The number of benzene rings is 12. The van der Waals surface area contributed by atoms with Crippen LogP contribution in [0.1, 0.15) is 12.8 Å². The molecule has 0 aliphatic heterocycles. The van der Waals surface area contributed by atoms with Crippen molar-refractivity contribution in [1.29, 1.82) is 0 Å². The van der Waals surface area contributed by atoms with Crippen LogP contribution >= 0.6 is 31.7 Å². The Bertz CT molecular complexity index is 3890. The molecule has 0 N–H and O–H groups in total. The van der Waals surface area contributed by atoms with Crippen LogP contribution < -0.4 is 73.1 Å². The summed E-state index contributed by atoms with van der Waals surface area (Å²) < 4.78 is 91.9. The molecule has 4 aliphatic carbocycles. The summed E-state index contributed by atoms with van der Waals surface area (Å²) in [5.41, 5.74) is 0. The van der Waals surface area contributed by atoms with Gasteiger partial charge in [-0.2, -0.15) is 0 Å². The molecule has 104 heavy (non-hydrogen) atoms. The smallest absolute Gasteiger partial charge is 0.449 e. The fourth-order valence-electron chi connectivity index (χ4n) is 12.7. The zero-order chi connectivity index (χ0) is 70.9. The summed E-state index contributed by atoms with van der Waals surface area (Å²) in [4.78, 5) is 0. The Morgan fingerprint density at radius 2 is 0.327 bits per heavy atom. The summed E-state index contributed by atoms with van der Waals surface area (Å²) in [5.74, 6) is 6.94. The molecule has 4 bridgehead atoms. The van der Waals surface area contributed by atoms with E-state index in [4.69, 9.17) is 9.47 Å². The van der Waals surface area contributed by atoms with Crippen molar-refractivity contribution in [3.05, 3.63) is 388 Å². The number of allylic oxidation sites excluding steroid dienone is 8. The Labute approximate surface area is 635 Å². The first-order valence-corrected chi connectivity index (χ1v) is 39.8. The molecular weight excluding hydrogens is 1570 g/mol. The van der Waals surface area contributed by atoms with Crippen LogP contribution in [-0.4, -0.2) is 14.5 Å². The topological polar surface area (TPSA) is 18.5 Å². The number of hydrogen-bond acceptors (Lipinski definition) is 2. The molecule has 2 radical (unpaired) electrons. The Hall–Kier alpha value is -8.26. The van der Waals surface area contributed by atoms with Gasteiger partial charge in [0.05, 0.1) is 0 Å². The van der Waals surface area contributed by atoms with Gasteiger partial charge in [-0.05, 0) is 182 Å². The first-order valence-electron chi connectivity index (χ1n) is 33.8. The van der Waals surface area contributed by atoms with Crippen LogP contribution in [-0.2, 0) is 39.0 Å². The van der Waals surface area contributed by atoms with Crippen molar-refractivity contribution in [3.8, 4) is 23.0 Å². The second-order valence-electron chi connectivity index (χ2n) is 24.3. The summed E-state index contributed by atoms with van der Waals surface area (Å²) in [7, 11) is -17.1. The quantitative estimate of drug-likeness (QED) is 0.0415. The maximum Gasteiger partial charge on any atom is 0.673 e. The van der Waals surface area contributed by atoms with Gasteiger partial charge in [-0.3, -0.25) is 0 Å².